The SMILES string of the molecule is COc1nc(-c2ccc(C#N)cc2)c(-c2ccc3c(c2)CC(O)C3)n2ccnc12. The second-order valence-corrected chi connectivity index (χ2v) is 7.17. The molecule has 0 amide bonds. The smallest absolute Gasteiger partial charge is 0.258 e. The average Bonchev–Trinajstić information content (AvgIpc) is 3.38. The molecule has 142 valence electrons. The van der Waals surface area contributed by atoms with Gasteiger partial charge in [0.1, 0.15) is 0 Å². The van der Waals surface area contributed by atoms with Crippen molar-refractivity contribution in [2.45, 2.75) is 18.9 Å². The molecular formula is C23H18N4O2. The number of ether oxygens (including phenoxy) is 1. The highest BCUT2D eigenvalue weighted by atomic mass is 16.5. The standard InChI is InChI=1S/C23H18N4O2/c1-29-23-22-25-8-9-27(22)21(17-7-6-16-11-19(28)12-18(16)10-17)20(26-23)15-4-2-14(13-24)3-5-15/h2-10,19,28H,11-12H2,1H3. The fourth-order valence-corrected chi connectivity index (χ4v) is 4.02. The molecule has 2 heterocycles. The van der Waals surface area contributed by atoms with Gasteiger partial charge in [-0.1, -0.05) is 24.3 Å². The van der Waals surface area contributed by atoms with E-state index in [1.807, 2.05) is 22.7 Å². The summed E-state index contributed by atoms with van der Waals surface area (Å²) in [6.45, 7) is 0. The van der Waals surface area contributed by atoms with E-state index in [0.717, 1.165) is 28.1 Å². The largest absolute Gasteiger partial charge is 0.478 e. The van der Waals surface area contributed by atoms with Gasteiger partial charge in [-0.25, -0.2) is 9.97 Å². The van der Waals surface area contributed by atoms with Crippen LogP contribution in [0.2, 0.25) is 0 Å². The van der Waals surface area contributed by atoms with E-state index in [2.05, 4.69) is 29.3 Å². The van der Waals surface area contributed by atoms with E-state index >= 15 is 0 Å². The Bertz CT molecular complexity index is 1270. The van der Waals surface area contributed by atoms with Gasteiger partial charge in [0.25, 0.3) is 5.88 Å². The summed E-state index contributed by atoms with van der Waals surface area (Å²) in [7, 11) is 1.58. The Balaban J connectivity index is 1.78. The minimum absolute atomic E-state index is 0.319. The zero-order chi connectivity index (χ0) is 20.0. The molecule has 1 aliphatic carbocycles. The summed E-state index contributed by atoms with van der Waals surface area (Å²) in [5, 5.41) is 19.2. The van der Waals surface area contributed by atoms with Crippen molar-refractivity contribution in [3.63, 3.8) is 0 Å². The highest BCUT2D eigenvalue weighted by Gasteiger charge is 2.23. The van der Waals surface area contributed by atoms with Crippen molar-refractivity contribution in [1.82, 2.24) is 14.4 Å². The number of rotatable bonds is 3. The minimum atomic E-state index is -0.319. The number of aliphatic hydroxyl groups excluding tert-OH is 1. The van der Waals surface area contributed by atoms with Crippen molar-refractivity contribution in [2.75, 3.05) is 7.11 Å². The lowest BCUT2D eigenvalue weighted by Gasteiger charge is -2.15. The van der Waals surface area contributed by atoms with Gasteiger partial charge in [-0.3, -0.25) is 4.40 Å². The van der Waals surface area contributed by atoms with Crippen LogP contribution >= 0.6 is 0 Å². The molecule has 1 N–H and O–H groups in total. The number of nitriles is 1. The Labute approximate surface area is 167 Å². The highest BCUT2D eigenvalue weighted by molar-refractivity contribution is 5.82. The maximum atomic E-state index is 10.0. The maximum absolute atomic E-state index is 10.0. The second kappa shape index (κ2) is 6.73. The molecule has 0 bridgehead atoms. The van der Waals surface area contributed by atoms with Gasteiger partial charge >= 0.3 is 0 Å². The normalized spacial score (nSPS) is 15.3. The predicted molar refractivity (Wildman–Crippen MR) is 109 cm³/mol. The third-order valence-electron chi connectivity index (χ3n) is 5.38. The molecule has 5 rings (SSSR count). The first kappa shape index (κ1) is 17.4. The molecule has 0 fully saturated rings. The Kier molecular flexibility index (Phi) is 4.04. The molecule has 4 aromatic rings. The summed E-state index contributed by atoms with van der Waals surface area (Å²) in [5.74, 6) is 0.440. The number of hydrogen-bond donors (Lipinski definition) is 1. The summed E-state index contributed by atoms with van der Waals surface area (Å²) in [4.78, 5) is 9.18. The summed E-state index contributed by atoms with van der Waals surface area (Å²) in [6, 6.07) is 15.8. The zero-order valence-electron chi connectivity index (χ0n) is 15.8. The molecule has 6 heteroatoms. The number of aromatic nitrogens is 3. The molecule has 2 aromatic carbocycles. The van der Waals surface area contributed by atoms with Crippen molar-refractivity contribution in [3.8, 4) is 34.5 Å². The van der Waals surface area contributed by atoms with Crippen molar-refractivity contribution in [3.05, 3.63) is 71.5 Å². The van der Waals surface area contributed by atoms with Crippen molar-refractivity contribution in [1.29, 1.82) is 5.26 Å². The van der Waals surface area contributed by atoms with Crippen LogP contribution in [0.4, 0.5) is 0 Å². The number of benzene rings is 2. The number of hydrogen-bond acceptors (Lipinski definition) is 5. The molecule has 6 nitrogen and oxygen atoms in total. The third-order valence-corrected chi connectivity index (χ3v) is 5.38. The van der Waals surface area contributed by atoms with E-state index in [1.165, 1.54) is 5.56 Å². The minimum Gasteiger partial charge on any atom is -0.478 e. The van der Waals surface area contributed by atoms with Crippen LogP contribution in [0, 0.1) is 11.3 Å². The Hall–Kier alpha value is -3.69. The summed E-state index contributed by atoms with van der Waals surface area (Å²) >= 11 is 0. The number of nitrogens with zero attached hydrogens (tertiary/aromatic N) is 4. The van der Waals surface area contributed by atoms with Crippen LogP contribution in [-0.2, 0) is 12.8 Å². The van der Waals surface area contributed by atoms with Gasteiger partial charge in [0.2, 0.25) is 5.65 Å². The van der Waals surface area contributed by atoms with Gasteiger partial charge in [-0.05, 0) is 42.2 Å². The van der Waals surface area contributed by atoms with Crippen molar-refractivity contribution >= 4 is 5.65 Å². The van der Waals surface area contributed by atoms with Gasteiger partial charge in [-0.2, -0.15) is 5.26 Å². The molecular weight excluding hydrogens is 364 g/mol. The van der Waals surface area contributed by atoms with Gasteiger partial charge in [0.05, 0.1) is 36.2 Å². The lowest BCUT2D eigenvalue weighted by atomic mass is 9.99. The molecule has 2 aromatic heterocycles. The Morgan fingerprint density at radius 3 is 2.62 bits per heavy atom. The van der Waals surface area contributed by atoms with Crippen molar-refractivity contribution < 1.29 is 9.84 Å². The van der Waals surface area contributed by atoms with Crippen LogP contribution in [0.5, 0.6) is 5.88 Å². The molecule has 0 radical (unpaired) electrons. The van der Waals surface area contributed by atoms with Crippen molar-refractivity contribution in [2.24, 2.45) is 0 Å². The van der Waals surface area contributed by atoms with Crippen LogP contribution in [0.3, 0.4) is 0 Å². The van der Waals surface area contributed by atoms with E-state index in [0.29, 0.717) is 29.9 Å². The third kappa shape index (κ3) is 2.84. The molecule has 1 unspecified atom stereocenters. The van der Waals surface area contributed by atoms with Crippen LogP contribution in [0.25, 0.3) is 28.2 Å². The van der Waals surface area contributed by atoms with Crippen LogP contribution < -0.4 is 4.74 Å². The number of methoxy groups -OCH3 is 1. The molecule has 0 aliphatic heterocycles. The number of aliphatic hydroxyl groups is 1. The quantitative estimate of drug-likeness (QED) is 0.587. The van der Waals surface area contributed by atoms with E-state index < -0.39 is 0 Å². The average molecular weight is 382 g/mol. The Morgan fingerprint density at radius 1 is 1.10 bits per heavy atom. The molecule has 0 saturated carbocycles. The molecule has 0 saturated heterocycles. The summed E-state index contributed by atoms with van der Waals surface area (Å²) in [5.41, 5.74) is 7.10. The second-order valence-electron chi connectivity index (χ2n) is 7.17. The summed E-state index contributed by atoms with van der Waals surface area (Å²) < 4.78 is 7.47. The van der Waals surface area contributed by atoms with Gasteiger partial charge in [0, 0.05) is 23.5 Å². The van der Waals surface area contributed by atoms with E-state index in [1.54, 1.807) is 25.4 Å². The number of fused-ring (bicyclic) bond motifs is 2. The first-order valence-corrected chi connectivity index (χ1v) is 9.39. The predicted octanol–water partition coefficient (Wildman–Crippen LogP) is 3.40. The van der Waals surface area contributed by atoms with Crippen LogP contribution in [0.1, 0.15) is 16.7 Å². The van der Waals surface area contributed by atoms with Gasteiger partial charge < -0.3 is 9.84 Å². The lowest BCUT2D eigenvalue weighted by molar-refractivity contribution is 0.187. The summed E-state index contributed by atoms with van der Waals surface area (Å²) in [6.07, 6.45) is 4.65. The molecule has 1 atom stereocenters. The van der Waals surface area contributed by atoms with Gasteiger partial charge in [-0.15, -0.1) is 0 Å². The molecule has 1 aliphatic rings. The highest BCUT2D eigenvalue weighted by Crippen LogP contribution is 2.36. The molecule has 29 heavy (non-hydrogen) atoms. The number of imidazole rings is 1. The monoisotopic (exact) mass is 382 g/mol. The van der Waals surface area contributed by atoms with Crippen LogP contribution in [0.15, 0.2) is 54.9 Å². The topological polar surface area (TPSA) is 83.4 Å². The van der Waals surface area contributed by atoms with E-state index in [4.69, 9.17) is 15.0 Å². The fourth-order valence-electron chi connectivity index (χ4n) is 4.02. The van der Waals surface area contributed by atoms with E-state index in [9.17, 15) is 5.11 Å². The van der Waals surface area contributed by atoms with Gasteiger partial charge in [0.15, 0.2) is 0 Å². The lowest BCUT2D eigenvalue weighted by Crippen LogP contribution is -2.03. The fraction of sp³-hybridized carbons (Fsp3) is 0.174. The van der Waals surface area contributed by atoms with Crippen LogP contribution in [-0.4, -0.2) is 32.7 Å². The zero-order valence-corrected chi connectivity index (χ0v) is 15.8. The first-order chi connectivity index (χ1) is 14.2. The van der Waals surface area contributed by atoms with E-state index in [-0.39, 0.29) is 6.10 Å². The maximum Gasteiger partial charge on any atom is 0.258 e. The molecule has 0 spiro atoms. The first-order valence-electron chi connectivity index (χ1n) is 9.39. The Morgan fingerprint density at radius 2 is 1.86 bits per heavy atom.